The van der Waals surface area contributed by atoms with Crippen LogP contribution in [0.25, 0.3) is 44.1 Å². The molecule has 8 aromatic carbocycles. The zero-order chi connectivity index (χ0) is 89.0. The van der Waals surface area contributed by atoms with Crippen molar-refractivity contribution in [3.63, 3.8) is 0 Å². The van der Waals surface area contributed by atoms with Gasteiger partial charge in [0.15, 0.2) is 23.1 Å². The summed E-state index contributed by atoms with van der Waals surface area (Å²) in [6, 6.07) is 27.9. The summed E-state index contributed by atoms with van der Waals surface area (Å²) in [6.07, 6.45) is 6.53. The van der Waals surface area contributed by atoms with E-state index < -0.39 is 149 Å². The number of carbonyl (C=O) groups excluding carboxylic acids is 4. The molecule has 0 unspecified atom stereocenters. The van der Waals surface area contributed by atoms with Crippen LogP contribution in [0.4, 0.5) is 69.8 Å². The summed E-state index contributed by atoms with van der Waals surface area (Å²) < 4.78 is 198. The normalized spacial score (nSPS) is 15.7. The van der Waals surface area contributed by atoms with Gasteiger partial charge in [0, 0.05) is 70.3 Å². The van der Waals surface area contributed by atoms with Crippen molar-refractivity contribution >= 4 is 177 Å². The molecule has 0 saturated heterocycles. The Hall–Kier alpha value is -6.94. The summed E-state index contributed by atoms with van der Waals surface area (Å²) in [4.78, 5) is 108. The number of aryl methyl sites for hydroxylation is 2. The third-order valence-electron chi connectivity index (χ3n) is 22.2. The summed E-state index contributed by atoms with van der Waals surface area (Å²) in [6.45, 7) is 0. The van der Waals surface area contributed by atoms with Crippen LogP contribution < -0.4 is 237 Å². The van der Waals surface area contributed by atoms with Gasteiger partial charge in [-0.3, -0.25) is 33.8 Å². The molecule has 644 valence electrons. The van der Waals surface area contributed by atoms with Gasteiger partial charge in [-0.25, -0.2) is 42.1 Å². The molecule has 10 N–H and O–H groups in total. The zero-order valence-electron chi connectivity index (χ0n) is 70.5. The number of nitrogens with two attached hydrogens (primary N) is 2. The molecule has 131 heavy (non-hydrogen) atoms. The number of rotatable bonds is 26. The van der Waals surface area contributed by atoms with Gasteiger partial charge < -0.3 is 80.5 Å². The number of hydrogen-bond acceptors (Lipinski definition) is 39. The van der Waals surface area contributed by atoms with Crippen LogP contribution in [0.5, 0.6) is 0 Å². The summed E-state index contributed by atoms with van der Waals surface area (Å²) in [5, 5.41) is 32.5. The maximum Gasteiger partial charge on any atom is 1.00 e. The Balaban J connectivity index is 0.00000297. The Morgan fingerprint density at radius 2 is 0.771 bits per heavy atom. The van der Waals surface area contributed by atoms with Crippen LogP contribution in [-0.4, -0.2) is 139 Å². The van der Waals surface area contributed by atoms with Crippen LogP contribution in [0.15, 0.2) is 185 Å². The Morgan fingerprint density at radius 3 is 1.15 bits per heavy atom. The molecule has 0 spiro atoms. The van der Waals surface area contributed by atoms with Gasteiger partial charge in [0.1, 0.15) is 50.6 Å². The molecule has 4 aliphatic rings. The Kier molecular flexibility index (Phi) is 34.0. The summed E-state index contributed by atoms with van der Waals surface area (Å²) in [5.41, 5.74) is 6.03. The minimum absolute atomic E-state index is 0. The Morgan fingerprint density at radius 1 is 0.412 bits per heavy atom. The maximum atomic E-state index is 14.9. The largest absolute Gasteiger partial charge is 1.00 e. The number of pyridine rings is 2. The van der Waals surface area contributed by atoms with Crippen LogP contribution in [0, 0.1) is 11.8 Å². The van der Waals surface area contributed by atoms with Crippen molar-refractivity contribution in [2.24, 2.45) is 25.9 Å². The van der Waals surface area contributed by atoms with Crippen LogP contribution in [0.2, 0.25) is 0 Å². The Bertz CT molecular complexity index is 7470. The first kappa shape index (κ1) is 106. The fraction of sp³-hybridized carbons (Fsp3) is 0.190. The fourth-order valence-electron chi connectivity index (χ4n) is 16.6. The predicted octanol–water partition coefficient (Wildman–Crippen LogP) is -10.4. The van der Waals surface area contributed by atoms with Crippen molar-refractivity contribution in [2.75, 3.05) is 43.4 Å². The standard InChI is InChI=1S/C79H68N16O24S6.6Na/c1-94-54-27-25-48(62-64(54)60(44-13-3-5-15-46(44)70(62)98)66(72(94)100)68(96)38-9-7-11-42(30-38)121(103,104)105)84-51-32-50(56(120-119-118-102)34-57(51)123(109,110)111)86-78-90-74(80)88-76(92-78)82-40-21-17-36(18-22-40)29-37-19-23-41(24-20-37)83-77-89-75(81)91-79(93-77)87-53-33-52(58(124(112,113)114)35-59(53)125(115,116)117)85-49-26-28-55-65-61(45-14-4-6-16-47(45)71(99)63(49)65)67(73(101)95(55)2)69(97)39-10-8-12-43(31-39)122(106,107)108;;;;;;/h3-16,25-28,30-37,40-41,84-85,102H,17-24,29H2,1-2H3,(H,103,104,105)(H,106,107,108)(H,109,110,111)(H,112,113,114)(H,115,116,117)(H4,80,82,86,88,90,92)(H4,81,83,87,89,91,93);;;;;;/q;6*+1/p-6. The molecular weight excluding hydrogens is 1890 g/mol. The second-order valence-corrected chi connectivity index (χ2v) is 37.3. The number of fused-ring (bicyclic) bond motifs is 4. The monoisotopic (exact) mass is 1950 g/mol. The molecule has 2 saturated carbocycles. The van der Waals surface area contributed by atoms with E-state index in [0.29, 0.717) is 37.7 Å². The quantitative estimate of drug-likeness (QED) is 0.00623. The van der Waals surface area contributed by atoms with E-state index in [-0.39, 0.29) is 331 Å². The van der Waals surface area contributed by atoms with Crippen molar-refractivity contribution in [3.05, 3.63) is 211 Å². The van der Waals surface area contributed by atoms with Gasteiger partial charge >= 0.3 is 177 Å². The number of hydrogen-bond donors (Lipinski definition) is 8. The van der Waals surface area contributed by atoms with E-state index >= 15 is 0 Å². The first-order valence-corrected chi connectivity index (χ1v) is 45.4. The topological polar surface area (TPSA) is 641 Å². The van der Waals surface area contributed by atoms with E-state index in [1.807, 2.05) is 0 Å². The predicted molar refractivity (Wildman–Crippen MR) is 442 cm³/mol. The first-order valence-electron chi connectivity index (χ1n) is 37.6. The number of anilines is 12. The molecule has 0 amide bonds. The molecule has 0 radical (unpaired) electrons. The number of ketones is 4. The molecule has 4 aromatic heterocycles. The molecule has 0 bridgehead atoms. The second-order valence-electron chi connectivity index (χ2n) is 29.8. The average Bonchev–Trinajstić information content (AvgIpc) is 0.708. The molecular formula is C79H62N16Na6O24S6. The van der Waals surface area contributed by atoms with Crippen molar-refractivity contribution in [1.82, 2.24) is 39.0 Å². The van der Waals surface area contributed by atoms with Crippen LogP contribution in [0.1, 0.15) is 121 Å². The molecule has 40 nitrogen and oxygen atoms in total. The smallest absolute Gasteiger partial charge is 0.744 e. The SMILES string of the molecule is Cn1c(=O)c(C(=O)c2cccc(S(=O)(=O)[O-])c2)c2c3c(c(Nc4cc(Nc5nc(N)nc(NC6CCC(CC7CCC(Nc8nc(N)nc(Nc9cc(Nc%10ccc%11c%12c%10C(=O)c%10ccccc%10-c%12c(C(=O)c%10cccc(S(=O)(=O)[O-])c%10)c(=O)n%11C)c(S(=O)(=O)[O-])cc9S(=O)(=O)[O-])n8)CC7)CC6)n5)c(SOO[O-])cc4S(=O)(=O)[O-])ccc31)C(=O)c1ccccc1-2.[Na+].[Na+].[Na+].[Na+].[Na+].[Na+]. The molecule has 52 heteroatoms. The molecule has 12 aromatic rings. The van der Waals surface area contributed by atoms with Crippen molar-refractivity contribution < 1.29 is 276 Å². The number of nitrogens with zero attached hydrogens (tertiary/aromatic N) is 8. The number of aromatic nitrogens is 8. The van der Waals surface area contributed by atoms with Gasteiger partial charge in [0.25, 0.3) is 11.1 Å². The zero-order valence-corrected chi connectivity index (χ0v) is 87.4. The number of benzene rings is 8. The maximum absolute atomic E-state index is 14.9. The minimum Gasteiger partial charge on any atom is -0.744 e. The van der Waals surface area contributed by atoms with Gasteiger partial charge in [-0.15, -0.1) is 0 Å². The molecule has 16 rings (SSSR count). The van der Waals surface area contributed by atoms with Gasteiger partial charge in [-0.2, -0.15) is 34.2 Å². The average molecular weight is 1950 g/mol. The number of nitrogen functional groups attached to an aromatic ring is 2. The van der Waals surface area contributed by atoms with E-state index in [0.717, 1.165) is 95.8 Å². The third-order valence-corrected chi connectivity index (χ3v) is 27.1. The second kappa shape index (κ2) is 41.9. The number of nitrogens with one attached hydrogen (secondary N) is 6. The minimum atomic E-state index is -5.74. The number of carbonyl (C=O) groups is 4. The van der Waals surface area contributed by atoms with Gasteiger partial charge in [-0.1, -0.05) is 72.8 Å². The fourth-order valence-corrected chi connectivity index (χ4v) is 20.2. The third kappa shape index (κ3) is 21.9. The molecule has 2 fully saturated rings. The van der Waals surface area contributed by atoms with Gasteiger partial charge in [0.05, 0.1) is 109 Å². The molecule has 0 atom stereocenters. The van der Waals surface area contributed by atoms with Crippen molar-refractivity contribution in [1.29, 1.82) is 0 Å². The van der Waals surface area contributed by atoms with Crippen LogP contribution >= 0.6 is 12.0 Å². The van der Waals surface area contributed by atoms with E-state index in [1.165, 1.54) is 93.0 Å². The molecule has 0 aliphatic heterocycles. The van der Waals surface area contributed by atoms with E-state index in [4.69, 9.17) is 11.5 Å². The molecule has 4 heterocycles. The summed E-state index contributed by atoms with van der Waals surface area (Å²) in [5.74, 6) is -4.37. The van der Waals surface area contributed by atoms with Crippen molar-refractivity contribution in [2.45, 2.75) is 99.2 Å². The first-order chi connectivity index (χ1) is 59.2. The van der Waals surface area contributed by atoms with Crippen LogP contribution in [-0.2, 0) is 74.1 Å². The van der Waals surface area contributed by atoms with E-state index in [2.05, 4.69) is 71.2 Å². The molecule has 4 aliphatic carbocycles. The van der Waals surface area contributed by atoms with Gasteiger partial charge in [-0.05, 0) is 154 Å². The van der Waals surface area contributed by atoms with E-state index in [9.17, 15) is 98.9 Å². The van der Waals surface area contributed by atoms with Crippen LogP contribution in [0.3, 0.4) is 0 Å². The summed E-state index contributed by atoms with van der Waals surface area (Å²) >= 11 is 0.186. The van der Waals surface area contributed by atoms with Crippen molar-refractivity contribution in [3.8, 4) is 22.3 Å². The van der Waals surface area contributed by atoms with Gasteiger partial charge in [0.2, 0.25) is 35.7 Å². The Labute approximate surface area is 882 Å². The van der Waals surface area contributed by atoms with E-state index in [1.54, 1.807) is 6.07 Å². The summed E-state index contributed by atoms with van der Waals surface area (Å²) in [7, 11) is -24.5.